The third-order valence-corrected chi connectivity index (χ3v) is 6.45. The highest BCUT2D eigenvalue weighted by Crippen LogP contribution is 2.51. The molecule has 2 fully saturated rings. The van der Waals surface area contributed by atoms with Crippen LogP contribution in [0.25, 0.3) is 0 Å². The first-order valence-electron chi connectivity index (χ1n) is 8.92. The summed E-state index contributed by atoms with van der Waals surface area (Å²) in [6, 6.07) is 16.2. The fraction of sp³-hybridized carbons (Fsp3) is 0.381. The van der Waals surface area contributed by atoms with Gasteiger partial charge in [0.2, 0.25) is 5.91 Å². The molecule has 0 N–H and O–H groups in total. The molecule has 1 aliphatic heterocycles. The van der Waals surface area contributed by atoms with Gasteiger partial charge in [-0.25, -0.2) is 0 Å². The smallest absolute Gasteiger partial charge is 0.227 e. The van der Waals surface area contributed by atoms with E-state index in [2.05, 4.69) is 12.1 Å². The Kier molecular flexibility index (Phi) is 4.81. The lowest BCUT2D eigenvalue weighted by Crippen LogP contribution is -2.32. The number of rotatable bonds is 5. The van der Waals surface area contributed by atoms with Crippen LogP contribution < -0.4 is 9.47 Å². The standard InChI is InChI=1S/C21H23NO3S/c1-24-15-8-9-19(25-2)18(12-15)21-22(10-11-26-21)20(23)17-13-16(17)14-6-4-3-5-7-14/h3-9,12,16-17,21H,10-11,13H2,1-2H3. The largest absolute Gasteiger partial charge is 0.497 e. The molecule has 1 heterocycles. The van der Waals surface area contributed by atoms with Gasteiger partial charge >= 0.3 is 0 Å². The first-order valence-corrected chi connectivity index (χ1v) is 9.96. The van der Waals surface area contributed by atoms with Gasteiger partial charge in [0.1, 0.15) is 16.9 Å². The zero-order chi connectivity index (χ0) is 18.1. The molecular weight excluding hydrogens is 346 g/mol. The molecule has 0 aromatic heterocycles. The molecule has 0 radical (unpaired) electrons. The van der Waals surface area contributed by atoms with E-state index in [1.54, 1.807) is 26.0 Å². The molecule has 0 spiro atoms. The Labute approximate surface area is 158 Å². The quantitative estimate of drug-likeness (QED) is 0.796. The predicted molar refractivity (Wildman–Crippen MR) is 104 cm³/mol. The maximum Gasteiger partial charge on any atom is 0.227 e. The van der Waals surface area contributed by atoms with Crippen molar-refractivity contribution in [2.75, 3.05) is 26.5 Å². The van der Waals surface area contributed by atoms with E-state index in [-0.39, 0.29) is 17.2 Å². The topological polar surface area (TPSA) is 38.8 Å². The molecule has 1 saturated carbocycles. The van der Waals surface area contributed by atoms with Gasteiger partial charge in [-0.05, 0) is 36.1 Å². The number of benzene rings is 2. The molecule has 26 heavy (non-hydrogen) atoms. The van der Waals surface area contributed by atoms with Gasteiger partial charge in [-0.15, -0.1) is 11.8 Å². The zero-order valence-electron chi connectivity index (χ0n) is 15.1. The van der Waals surface area contributed by atoms with Crippen LogP contribution in [0.3, 0.4) is 0 Å². The summed E-state index contributed by atoms with van der Waals surface area (Å²) in [7, 11) is 3.33. The Morgan fingerprint density at radius 2 is 1.92 bits per heavy atom. The third kappa shape index (κ3) is 3.16. The first-order chi connectivity index (χ1) is 12.7. The minimum absolute atomic E-state index is 0.00965. The van der Waals surface area contributed by atoms with Crippen LogP contribution in [0.2, 0.25) is 0 Å². The van der Waals surface area contributed by atoms with E-state index >= 15 is 0 Å². The van der Waals surface area contributed by atoms with Crippen LogP contribution in [0.1, 0.15) is 28.8 Å². The SMILES string of the molecule is COc1ccc(OC)c(C2SCCN2C(=O)C2CC2c2ccccc2)c1. The van der Waals surface area contributed by atoms with E-state index in [4.69, 9.17) is 9.47 Å². The van der Waals surface area contributed by atoms with Crippen molar-refractivity contribution >= 4 is 17.7 Å². The number of hydrogen-bond donors (Lipinski definition) is 0. The fourth-order valence-corrected chi connectivity index (χ4v) is 5.01. The van der Waals surface area contributed by atoms with Crippen LogP contribution in [0, 0.1) is 5.92 Å². The number of amides is 1. The van der Waals surface area contributed by atoms with Gasteiger partial charge < -0.3 is 14.4 Å². The van der Waals surface area contributed by atoms with Gasteiger partial charge in [0.15, 0.2) is 0 Å². The Morgan fingerprint density at radius 1 is 1.12 bits per heavy atom. The number of hydrogen-bond acceptors (Lipinski definition) is 4. The normalized spacial score (nSPS) is 24.4. The van der Waals surface area contributed by atoms with Crippen molar-refractivity contribution in [3.05, 3.63) is 59.7 Å². The number of carbonyl (C=O) groups excluding carboxylic acids is 1. The third-order valence-electron chi connectivity index (χ3n) is 5.21. The Hall–Kier alpha value is -2.14. The number of ether oxygens (including phenoxy) is 2. The lowest BCUT2D eigenvalue weighted by atomic mass is 10.1. The summed E-state index contributed by atoms with van der Waals surface area (Å²) < 4.78 is 10.9. The number of carbonyl (C=O) groups is 1. The maximum absolute atomic E-state index is 13.2. The minimum atomic E-state index is -0.00965. The van der Waals surface area contributed by atoms with Gasteiger partial charge in [0.05, 0.1) is 14.2 Å². The molecule has 2 aromatic rings. The molecule has 3 atom stereocenters. The highest BCUT2D eigenvalue weighted by atomic mass is 32.2. The maximum atomic E-state index is 13.2. The Bertz CT molecular complexity index is 795. The highest BCUT2D eigenvalue weighted by molar-refractivity contribution is 7.99. The van der Waals surface area contributed by atoms with Crippen molar-refractivity contribution < 1.29 is 14.3 Å². The first kappa shape index (κ1) is 17.3. The van der Waals surface area contributed by atoms with Crippen LogP contribution in [-0.2, 0) is 4.79 Å². The number of thioether (sulfide) groups is 1. The van der Waals surface area contributed by atoms with Gasteiger partial charge in [-0.3, -0.25) is 4.79 Å². The summed E-state index contributed by atoms with van der Waals surface area (Å²) in [4.78, 5) is 15.2. The van der Waals surface area contributed by atoms with E-state index in [1.165, 1.54) is 5.56 Å². The second-order valence-electron chi connectivity index (χ2n) is 6.72. The average molecular weight is 369 g/mol. The molecule has 2 aliphatic rings. The van der Waals surface area contributed by atoms with E-state index in [9.17, 15) is 4.79 Å². The zero-order valence-corrected chi connectivity index (χ0v) is 15.9. The van der Waals surface area contributed by atoms with Crippen LogP contribution >= 0.6 is 11.8 Å². The Morgan fingerprint density at radius 3 is 2.65 bits per heavy atom. The van der Waals surface area contributed by atoms with E-state index < -0.39 is 0 Å². The summed E-state index contributed by atoms with van der Waals surface area (Å²) in [5, 5.41) is -0.00965. The van der Waals surface area contributed by atoms with Gasteiger partial charge in [0.25, 0.3) is 0 Å². The summed E-state index contributed by atoms with van der Waals surface area (Å²) in [5.74, 6) is 3.27. The minimum Gasteiger partial charge on any atom is -0.497 e. The second-order valence-corrected chi connectivity index (χ2v) is 7.91. The number of nitrogens with zero attached hydrogens (tertiary/aromatic N) is 1. The van der Waals surface area contributed by atoms with Crippen molar-refractivity contribution in [1.29, 1.82) is 0 Å². The fourth-order valence-electron chi connectivity index (χ4n) is 3.74. The summed E-state index contributed by atoms with van der Waals surface area (Å²) in [6.07, 6.45) is 0.950. The summed E-state index contributed by atoms with van der Waals surface area (Å²) in [5.41, 5.74) is 2.29. The summed E-state index contributed by atoms with van der Waals surface area (Å²) >= 11 is 1.79. The van der Waals surface area contributed by atoms with Gasteiger partial charge in [-0.2, -0.15) is 0 Å². The molecule has 1 aliphatic carbocycles. The molecule has 1 saturated heterocycles. The lowest BCUT2D eigenvalue weighted by Gasteiger charge is -2.26. The molecule has 0 bridgehead atoms. The Balaban J connectivity index is 1.55. The molecular formula is C21H23NO3S. The lowest BCUT2D eigenvalue weighted by molar-refractivity contribution is -0.132. The molecule has 2 aromatic carbocycles. The van der Waals surface area contributed by atoms with Crippen LogP contribution in [-0.4, -0.2) is 37.3 Å². The average Bonchev–Trinajstić information content (AvgIpc) is 3.35. The van der Waals surface area contributed by atoms with E-state index in [1.807, 2.05) is 41.3 Å². The molecule has 5 heteroatoms. The van der Waals surface area contributed by atoms with Crippen LogP contribution in [0.4, 0.5) is 0 Å². The highest BCUT2D eigenvalue weighted by Gasteiger charge is 2.48. The van der Waals surface area contributed by atoms with Crippen molar-refractivity contribution in [1.82, 2.24) is 4.90 Å². The molecule has 136 valence electrons. The van der Waals surface area contributed by atoms with E-state index in [0.717, 1.165) is 35.8 Å². The van der Waals surface area contributed by atoms with Crippen molar-refractivity contribution in [3.63, 3.8) is 0 Å². The number of methoxy groups -OCH3 is 2. The summed E-state index contributed by atoms with van der Waals surface area (Å²) in [6.45, 7) is 0.784. The second kappa shape index (κ2) is 7.23. The molecule has 4 nitrogen and oxygen atoms in total. The monoisotopic (exact) mass is 369 g/mol. The van der Waals surface area contributed by atoms with Crippen LogP contribution in [0.15, 0.2) is 48.5 Å². The van der Waals surface area contributed by atoms with Crippen molar-refractivity contribution in [3.8, 4) is 11.5 Å². The van der Waals surface area contributed by atoms with Crippen LogP contribution in [0.5, 0.6) is 11.5 Å². The van der Waals surface area contributed by atoms with Crippen molar-refractivity contribution in [2.45, 2.75) is 17.7 Å². The van der Waals surface area contributed by atoms with Gasteiger partial charge in [-0.1, -0.05) is 30.3 Å². The van der Waals surface area contributed by atoms with Crippen molar-refractivity contribution in [2.24, 2.45) is 5.92 Å². The molecule has 3 unspecified atom stereocenters. The molecule has 1 amide bonds. The van der Waals surface area contributed by atoms with Gasteiger partial charge in [0, 0.05) is 23.8 Å². The van der Waals surface area contributed by atoms with E-state index in [0.29, 0.717) is 5.92 Å². The predicted octanol–water partition coefficient (Wildman–Crippen LogP) is 4.08. The molecule has 4 rings (SSSR count).